The van der Waals surface area contributed by atoms with Crippen LogP contribution in [0, 0.1) is 0 Å². The van der Waals surface area contributed by atoms with Gasteiger partial charge in [0.1, 0.15) is 11.5 Å². The van der Waals surface area contributed by atoms with Crippen LogP contribution in [0.3, 0.4) is 0 Å². The molecule has 0 saturated carbocycles. The fourth-order valence-electron chi connectivity index (χ4n) is 1.63. The number of hydrogen-bond donors (Lipinski definition) is 2. The maximum Gasteiger partial charge on any atom is 0.303 e. The Morgan fingerprint density at radius 3 is 2.61 bits per heavy atom. The second-order valence-corrected chi connectivity index (χ2v) is 4.62. The zero-order chi connectivity index (χ0) is 13.7. The van der Waals surface area contributed by atoms with E-state index in [1.54, 1.807) is 26.4 Å². The number of carboxylic acid groups (broad SMARTS) is 1. The van der Waals surface area contributed by atoms with Crippen molar-refractivity contribution in [3.63, 3.8) is 0 Å². The van der Waals surface area contributed by atoms with Gasteiger partial charge in [0, 0.05) is 18.0 Å². The first-order chi connectivity index (χ1) is 8.49. The average molecular weight is 318 g/mol. The lowest BCUT2D eigenvalue weighted by Gasteiger charge is -2.17. The molecule has 0 bridgehead atoms. The van der Waals surface area contributed by atoms with Crippen molar-refractivity contribution < 1.29 is 19.4 Å². The molecular formula is C12H16BrNO4. The van der Waals surface area contributed by atoms with Crippen molar-refractivity contribution in [2.24, 2.45) is 5.73 Å². The molecule has 0 aliphatic heterocycles. The van der Waals surface area contributed by atoms with Crippen LogP contribution in [0.2, 0.25) is 0 Å². The van der Waals surface area contributed by atoms with Gasteiger partial charge in [0.25, 0.3) is 0 Å². The zero-order valence-corrected chi connectivity index (χ0v) is 11.9. The molecular weight excluding hydrogens is 302 g/mol. The van der Waals surface area contributed by atoms with E-state index in [2.05, 4.69) is 15.9 Å². The minimum atomic E-state index is -0.869. The first-order valence-corrected chi connectivity index (χ1v) is 6.17. The Labute approximate surface area is 114 Å². The van der Waals surface area contributed by atoms with Crippen LogP contribution in [-0.4, -0.2) is 25.3 Å². The van der Waals surface area contributed by atoms with Gasteiger partial charge >= 0.3 is 5.97 Å². The van der Waals surface area contributed by atoms with Gasteiger partial charge in [-0.1, -0.05) is 0 Å². The summed E-state index contributed by atoms with van der Waals surface area (Å²) in [4.78, 5) is 10.6. The summed E-state index contributed by atoms with van der Waals surface area (Å²) in [6.07, 6.45) is 0.352. The highest BCUT2D eigenvalue weighted by molar-refractivity contribution is 9.10. The lowest BCUT2D eigenvalue weighted by atomic mass is 10.0. The molecule has 0 heterocycles. The molecule has 1 atom stereocenters. The molecule has 1 aromatic carbocycles. The van der Waals surface area contributed by atoms with E-state index >= 15 is 0 Å². The average Bonchev–Trinajstić information content (AvgIpc) is 2.34. The fraction of sp³-hybridized carbons (Fsp3) is 0.417. The van der Waals surface area contributed by atoms with Gasteiger partial charge < -0.3 is 20.3 Å². The minimum absolute atomic E-state index is 0.0130. The maximum atomic E-state index is 10.6. The molecule has 0 aliphatic carbocycles. The van der Waals surface area contributed by atoms with Crippen LogP contribution in [-0.2, 0) is 4.79 Å². The topological polar surface area (TPSA) is 81.8 Å². The van der Waals surface area contributed by atoms with Gasteiger partial charge in [-0.05, 0) is 34.5 Å². The molecule has 5 nitrogen and oxygen atoms in total. The summed E-state index contributed by atoms with van der Waals surface area (Å²) < 4.78 is 11.2. The van der Waals surface area contributed by atoms with E-state index in [0.717, 1.165) is 10.0 Å². The van der Waals surface area contributed by atoms with Gasteiger partial charge in [0.05, 0.1) is 18.7 Å². The SMILES string of the molecule is COc1cc(Br)c(OC)c(C(N)CCC(=O)O)c1. The number of methoxy groups -OCH3 is 2. The van der Waals surface area contributed by atoms with Crippen LogP contribution in [0.5, 0.6) is 11.5 Å². The lowest BCUT2D eigenvalue weighted by molar-refractivity contribution is -0.137. The lowest BCUT2D eigenvalue weighted by Crippen LogP contribution is -2.14. The second kappa shape index (κ2) is 6.61. The third-order valence-corrected chi connectivity index (χ3v) is 3.14. The summed E-state index contributed by atoms with van der Waals surface area (Å²) in [5.74, 6) is 0.378. The normalized spacial score (nSPS) is 12.0. The van der Waals surface area contributed by atoms with Crippen LogP contribution >= 0.6 is 15.9 Å². The van der Waals surface area contributed by atoms with Gasteiger partial charge in [0.2, 0.25) is 0 Å². The summed E-state index contributed by atoms with van der Waals surface area (Å²) in [6, 6.07) is 3.12. The van der Waals surface area contributed by atoms with Crippen LogP contribution < -0.4 is 15.2 Å². The summed E-state index contributed by atoms with van der Waals surface area (Å²) in [7, 11) is 3.10. The minimum Gasteiger partial charge on any atom is -0.497 e. The Kier molecular flexibility index (Phi) is 5.43. The van der Waals surface area contributed by atoms with E-state index in [-0.39, 0.29) is 6.42 Å². The molecule has 0 amide bonds. The summed E-state index contributed by atoms with van der Waals surface area (Å²) in [5, 5.41) is 8.67. The third-order valence-electron chi connectivity index (χ3n) is 2.55. The van der Waals surface area contributed by atoms with E-state index in [4.69, 9.17) is 20.3 Å². The molecule has 6 heteroatoms. The molecule has 100 valence electrons. The summed E-state index contributed by atoms with van der Waals surface area (Å²) in [5.41, 5.74) is 6.72. The number of halogens is 1. The van der Waals surface area contributed by atoms with Crippen LogP contribution in [0.25, 0.3) is 0 Å². The Morgan fingerprint density at radius 2 is 2.11 bits per heavy atom. The van der Waals surface area contributed by atoms with Gasteiger partial charge in [-0.3, -0.25) is 4.79 Å². The first-order valence-electron chi connectivity index (χ1n) is 5.38. The molecule has 1 aromatic rings. The van der Waals surface area contributed by atoms with Gasteiger partial charge in [-0.15, -0.1) is 0 Å². The number of rotatable bonds is 6. The molecule has 0 spiro atoms. The Morgan fingerprint density at radius 1 is 1.44 bits per heavy atom. The standard InChI is InChI=1S/C12H16BrNO4/c1-17-7-5-8(10(14)3-4-11(15)16)12(18-2)9(13)6-7/h5-6,10H,3-4,14H2,1-2H3,(H,15,16). The quantitative estimate of drug-likeness (QED) is 0.841. The highest BCUT2D eigenvalue weighted by Gasteiger charge is 2.17. The van der Waals surface area contributed by atoms with Crippen LogP contribution in [0.1, 0.15) is 24.4 Å². The molecule has 0 radical (unpaired) electrons. The van der Waals surface area contributed by atoms with E-state index in [1.165, 1.54) is 0 Å². The van der Waals surface area contributed by atoms with Gasteiger partial charge in [0.15, 0.2) is 0 Å². The van der Waals surface area contributed by atoms with E-state index in [0.29, 0.717) is 17.9 Å². The maximum absolute atomic E-state index is 10.6. The van der Waals surface area contributed by atoms with E-state index < -0.39 is 12.0 Å². The summed E-state index contributed by atoms with van der Waals surface area (Å²) >= 11 is 3.37. The van der Waals surface area contributed by atoms with Crippen LogP contribution in [0.15, 0.2) is 16.6 Å². The largest absolute Gasteiger partial charge is 0.497 e. The molecule has 0 aliphatic rings. The highest BCUT2D eigenvalue weighted by Crippen LogP contribution is 2.37. The monoisotopic (exact) mass is 317 g/mol. The van der Waals surface area contributed by atoms with Gasteiger partial charge in [-0.25, -0.2) is 0 Å². The number of benzene rings is 1. The first kappa shape index (κ1) is 14.8. The molecule has 0 saturated heterocycles. The van der Waals surface area contributed by atoms with Crippen molar-refractivity contribution >= 4 is 21.9 Å². The fourth-order valence-corrected chi connectivity index (χ4v) is 2.25. The zero-order valence-electron chi connectivity index (χ0n) is 10.3. The molecule has 0 aromatic heterocycles. The van der Waals surface area contributed by atoms with E-state index in [9.17, 15) is 4.79 Å². The van der Waals surface area contributed by atoms with Crippen molar-refractivity contribution in [1.29, 1.82) is 0 Å². The number of hydrogen-bond acceptors (Lipinski definition) is 4. The number of aliphatic carboxylic acids is 1. The molecule has 1 unspecified atom stereocenters. The van der Waals surface area contributed by atoms with Crippen molar-refractivity contribution in [3.8, 4) is 11.5 Å². The number of carbonyl (C=O) groups is 1. The van der Waals surface area contributed by atoms with E-state index in [1.807, 2.05) is 0 Å². The van der Waals surface area contributed by atoms with Crippen molar-refractivity contribution in [1.82, 2.24) is 0 Å². The molecule has 1 rings (SSSR count). The Bertz CT molecular complexity index is 436. The molecule has 18 heavy (non-hydrogen) atoms. The Hall–Kier alpha value is -1.27. The second-order valence-electron chi connectivity index (χ2n) is 3.77. The smallest absolute Gasteiger partial charge is 0.303 e. The van der Waals surface area contributed by atoms with Crippen LogP contribution in [0.4, 0.5) is 0 Å². The highest BCUT2D eigenvalue weighted by atomic mass is 79.9. The predicted octanol–water partition coefficient (Wildman–Crippen LogP) is 2.33. The van der Waals surface area contributed by atoms with Crippen molar-refractivity contribution in [2.75, 3.05) is 14.2 Å². The number of ether oxygens (including phenoxy) is 2. The Balaban J connectivity index is 3.04. The predicted molar refractivity (Wildman–Crippen MR) is 71.0 cm³/mol. The van der Waals surface area contributed by atoms with Gasteiger partial charge in [-0.2, -0.15) is 0 Å². The number of nitrogens with two attached hydrogens (primary N) is 1. The summed E-state index contributed by atoms with van der Waals surface area (Å²) in [6.45, 7) is 0. The number of carboxylic acids is 1. The third kappa shape index (κ3) is 3.61. The van der Waals surface area contributed by atoms with Crippen molar-refractivity contribution in [2.45, 2.75) is 18.9 Å². The molecule has 0 fully saturated rings. The van der Waals surface area contributed by atoms with Crippen molar-refractivity contribution in [3.05, 3.63) is 22.2 Å². The molecule has 3 N–H and O–H groups in total.